The lowest BCUT2D eigenvalue weighted by molar-refractivity contribution is 0.126. The summed E-state index contributed by atoms with van der Waals surface area (Å²) < 4.78 is 5.10. The van der Waals surface area contributed by atoms with Crippen LogP contribution in [0.25, 0.3) is 0 Å². The predicted molar refractivity (Wildman–Crippen MR) is 74.3 cm³/mol. The maximum absolute atomic E-state index is 12.0. The Morgan fingerprint density at radius 2 is 2.05 bits per heavy atom. The third-order valence-corrected chi connectivity index (χ3v) is 4.31. The number of piperidine rings is 1. The third-order valence-electron chi connectivity index (χ3n) is 4.31. The van der Waals surface area contributed by atoms with Gasteiger partial charge in [0.05, 0.1) is 5.69 Å². The summed E-state index contributed by atoms with van der Waals surface area (Å²) in [5.74, 6) is 0.862. The molecule has 0 aliphatic carbocycles. The molecule has 2 aliphatic heterocycles. The van der Waals surface area contributed by atoms with E-state index in [1.54, 1.807) is 0 Å². The van der Waals surface area contributed by atoms with Crippen LogP contribution in [-0.2, 0) is 6.54 Å². The van der Waals surface area contributed by atoms with E-state index in [1.165, 1.54) is 0 Å². The van der Waals surface area contributed by atoms with E-state index in [0.29, 0.717) is 6.04 Å². The highest BCUT2D eigenvalue weighted by atomic mass is 16.5. The highest BCUT2D eigenvalue weighted by Crippen LogP contribution is 2.21. The molecule has 0 atom stereocenters. The largest absolute Gasteiger partial charge is 0.361 e. The molecule has 0 bridgehead atoms. The molecule has 1 aromatic rings. The first-order chi connectivity index (χ1) is 9.63. The van der Waals surface area contributed by atoms with E-state index in [2.05, 4.69) is 10.1 Å². The maximum Gasteiger partial charge on any atom is 0.320 e. The standard InChI is InChI=1S/C14H22N4O2/c1-11-9-12(15-20-11)10-17-5-3-13(4-6-17)18-8-7-16(2)14(18)19/h9,13H,3-8,10H2,1-2H3. The Morgan fingerprint density at radius 1 is 1.30 bits per heavy atom. The van der Waals surface area contributed by atoms with Crippen LogP contribution in [0.1, 0.15) is 24.3 Å². The summed E-state index contributed by atoms with van der Waals surface area (Å²) >= 11 is 0. The molecule has 110 valence electrons. The molecule has 0 spiro atoms. The van der Waals surface area contributed by atoms with Crippen LogP contribution in [0.2, 0.25) is 0 Å². The molecule has 0 radical (unpaired) electrons. The van der Waals surface area contributed by atoms with Crippen LogP contribution in [0.3, 0.4) is 0 Å². The van der Waals surface area contributed by atoms with Gasteiger partial charge in [0.15, 0.2) is 0 Å². The van der Waals surface area contributed by atoms with E-state index in [4.69, 9.17) is 4.52 Å². The Morgan fingerprint density at radius 3 is 2.60 bits per heavy atom. The summed E-state index contributed by atoms with van der Waals surface area (Å²) in [6.07, 6.45) is 2.10. The summed E-state index contributed by atoms with van der Waals surface area (Å²) in [5, 5.41) is 4.04. The van der Waals surface area contributed by atoms with Crippen LogP contribution < -0.4 is 0 Å². The molecule has 0 saturated carbocycles. The topological polar surface area (TPSA) is 52.8 Å². The molecule has 6 nitrogen and oxygen atoms in total. The van der Waals surface area contributed by atoms with E-state index in [1.807, 2.05) is 29.8 Å². The summed E-state index contributed by atoms with van der Waals surface area (Å²) in [5.41, 5.74) is 0.998. The Kier molecular flexibility index (Phi) is 3.65. The molecule has 2 fully saturated rings. The highest BCUT2D eigenvalue weighted by molar-refractivity contribution is 5.76. The molecule has 3 rings (SSSR count). The van der Waals surface area contributed by atoms with Gasteiger partial charge < -0.3 is 14.3 Å². The van der Waals surface area contributed by atoms with Crippen molar-refractivity contribution in [1.82, 2.24) is 19.9 Å². The first-order valence-electron chi connectivity index (χ1n) is 7.30. The summed E-state index contributed by atoms with van der Waals surface area (Å²) in [4.78, 5) is 18.2. The van der Waals surface area contributed by atoms with Gasteiger partial charge in [0, 0.05) is 51.9 Å². The summed E-state index contributed by atoms with van der Waals surface area (Å²) in [6, 6.07) is 2.59. The smallest absolute Gasteiger partial charge is 0.320 e. The van der Waals surface area contributed by atoms with Crippen molar-refractivity contribution in [2.75, 3.05) is 33.2 Å². The molecule has 0 unspecified atom stereocenters. The van der Waals surface area contributed by atoms with Crippen LogP contribution in [0, 0.1) is 6.92 Å². The number of urea groups is 1. The third kappa shape index (κ3) is 2.65. The second-order valence-corrected chi connectivity index (χ2v) is 5.83. The van der Waals surface area contributed by atoms with Crippen molar-refractivity contribution in [1.29, 1.82) is 0 Å². The molecule has 2 amide bonds. The first kappa shape index (κ1) is 13.4. The number of likely N-dealkylation sites (tertiary alicyclic amines) is 1. The molecule has 2 saturated heterocycles. The molecular weight excluding hydrogens is 256 g/mol. The number of aryl methyl sites for hydroxylation is 1. The number of rotatable bonds is 3. The lowest BCUT2D eigenvalue weighted by atomic mass is 10.0. The molecule has 0 aromatic carbocycles. The number of hydrogen-bond donors (Lipinski definition) is 0. The van der Waals surface area contributed by atoms with Gasteiger partial charge in [-0.2, -0.15) is 0 Å². The fraction of sp³-hybridized carbons (Fsp3) is 0.714. The van der Waals surface area contributed by atoms with Gasteiger partial charge in [-0.15, -0.1) is 0 Å². The number of likely N-dealkylation sites (N-methyl/N-ethyl adjacent to an activating group) is 1. The van der Waals surface area contributed by atoms with Gasteiger partial charge in [-0.1, -0.05) is 5.16 Å². The van der Waals surface area contributed by atoms with Crippen molar-refractivity contribution in [2.24, 2.45) is 0 Å². The average Bonchev–Trinajstić information content (AvgIpc) is 2.99. The SMILES string of the molecule is Cc1cc(CN2CCC(N3CCN(C)C3=O)CC2)no1. The molecule has 0 N–H and O–H groups in total. The highest BCUT2D eigenvalue weighted by Gasteiger charge is 2.33. The van der Waals surface area contributed by atoms with Gasteiger partial charge in [0.2, 0.25) is 0 Å². The van der Waals surface area contributed by atoms with Crippen LogP contribution in [0.15, 0.2) is 10.6 Å². The molecule has 20 heavy (non-hydrogen) atoms. The molecule has 6 heteroatoms. The zero-order chi connectivity index (χ0) is 14.1. The van der Waals surface area contributed by atoms with Gasteiger partial charge in [-0.25, -0.2) is 4.79 Å². The average molecular weight is 278 g/mol. The van der Waals surface area contributed by atoms with E-state index in [0.717, 1.165) is 57.0 Å². The zero-order valence-corrected chi connectivity index (χ0v) is 12.2. The quantitative estimate of drug-likeness (QED) is 0.836. The van der Waals surface area contributed by atoms with E-state index >= 15 is 0 Å². The normalized spacial score (nSPS) is 22.0. The van der Waals surface area contributed by atoms with Crippen LogP contribution in [0.4, 0.5) is 4.79 Å². The second-order valence-electron chi connectivity index (χ2n) is 5.83. The number of carbonyl (C=O) groups excluding carboxylic acids is 1. The van der Waals surface area contributed by atoms with Crippen LogP contribution in [-0.4, -0.2) is 65.2 Å². The minimum atomic E-state index is 0.190. The minimum Gasteiger partial charge on any atom is -0.361 e. The molecule has 3 heterocycles. The van der Waals surface area contributed by atoms with E-state index in [9.17, 15) is 4.79 Å². The number of nitrogens with zero attached hydrogens (tertiary/aromatic N) is 4. The van der Waals surface area contributed by atoms with Gasteiger partial charge >= 0.3 is 6.03 Å². The monoisotopic (exact) mass is 278 g/mol. The lowest BCUT2D eigenvalue weighted by Crippen LogP contribution is -2.46. The lowest BCUT2D eigenvalue weighted by Gasteiger charge is -2.36. The maximum atomic E-state index is 12.0. The van der Waals surface area contributed by atoms with Gasteiger partial charge in [-0.3, -0.25) is 4.90 Å². The van der Waals surface area contributed by atoms with Crippen molar-refractivity contribution in [3.63, 3.8) is 0 Å². The summed E-state index contributed by atoms with van der Waals surface area (Å²) in [7, 11) is 1.88. The number of aromatic nitrogens is 1. The van der Waals surface area contributed by atoms with E-state index < -0.39 is 0 Å². The van der Waals surface area contributed by atoms with Crippen LogP contribution >= 0.6 is 0 Å². The van der Waals surface area contributed by atoms with Crippen molar-refractivity contribution in [3.05, 3.63) is 17.5 Å². The van der Waals surface area contributed by atoms with Crippen LogP contribution in [0.5, 0.6) is 0 Å². The Labute approximate surface area is 119 Å². The van der Waals surface area contributed by atoms with Crippen molar-refractivity contribution < 1.29 is 9.32 Å². The number of amides is 2. The van der Waals surface area contributed by atoms with Gasteiger partial charge in [0.25, 0.3) is 0 Å². The minimum absolute atomic E-state index is 0.190. The fourth-order valence-electron chi connectivity index (χ4n) is 3.12. The first-order valence-corrected chi connectivity index (χ1v) is 7.30. The van der Waals surface area contributed by atoms with Gasteiger partial charge in [0.1, 0.15) is 5.76 Å². The van der Waals surface area contributed by atoms with Crippen molar-refractivity contribution >= 4 is 6.03 Å². The molecular formula is C14H22N4O2. The molecule has 1 aromatic heterocycles. The Hall–Kier alpha value is -1.56. The Bertz CT molecular complexity index is 479. The zero-order valence-electron chi connectivity index (χ0n) is 12.2. The van der Waals surface area contributed by atoms with Crippen molar-refractivity contribution in [3.8, 4) is 0 Å². The predicted octanol–water partition coefficient (Wildman–Crippen LogP) is 1.31. The summed E-state index contributed by atoms with van der Waals surface area (Å²) in [6.45, 7) is 6.53. The second kappa shape index (κ2) is 5.44. The van der Waals surface area contributed by atoms with Crippen molar-refractivity contribution in [2.45, 2.75) is 32.4 Å². The Balaban J connectivity index is 1.51. The molecule has 2 aliphatic rings. The number of hydrogen-bond acceptors (Lipinski definition) is 4. The number of carbonyl (C=O) groups is 1. The van der Waals surface area contributed by atoms with E-state index in [-0.39, 0.29) is 6.03 Å². The van der Waals surface area contributed by atoms with Gasteiger partial charge in [-0.05, 0) is 19.8 Å². The fourth-order valence-corrected chi connectivity index (χ4v) is 3.12.